The predicted octanol–water partition coefficient (Wildman–Crippen LogP) is 1.58. The number of rotatable bonds is 2. The fourth-order valence-electron chi connectivity index (χ4n) is 2.45. The van der Waals surface area contributed by atoms with E-state index in [2.05, 4.69) is 4.98 Å². The molecule has 1 atom stereocenters. The Morgan fingerprint density at radius 3 is 2.89 bits per heavy atom. The normalized spacial score (nSPS) is 19.2. The van der Waals surface area contributed by atoms with Crippen molar-refractivity contribution in [2.45, 2.75) is 18.9 Å². The van der Waals surface area contributed by atoms with E-state index in [1.807, 2.05) is 6.07 Å². The molecule has 0 bridgehead atoms. The molecule has 0 amide bonds. The van der Waals surface area contributed by atoms with Gasteiger partial charge in [-0.25, -0.2) is 4.79 Å². The van der Waals surface area contributed by atoms with E-state index in [-0.39, 0.29) is 5.92 Å². The van der Waals surface area contributed by atoms with Crippen LogP contribution in [0, 0.1) is 5.92 Å². The summed E-state index contributed by atoms with van der Waals surface area (Å²) in [4.78, 5) is 13.7. The zero-order valence-corrected chi connectivity index (χ0v) is 9.89. The Labute approximate surface area is 103 Å². The molecule has 5 heteroatoms. The average molecular weight is 249 g/mol. The van der Waals surface area contributed by atoms with Crippen molar-refractivity contribution in [3.8, 4) is 0 Å². The molecular formula is C13H15NO4. The van der Waals surface area contributed by atoms with Crippen LogP contribution in [0.3, 0.4) is 0 Å². The van der Waals surface area contributed by atoms with Gasteiger partial charge < -0.3 is 14.3 Å². The first-order valence-electron chi connectivity index (χ1n) is 6.12. The second kappa shape index (κ2) is 4.59. The summed E-state index contributed by atoms with van der Waals surface area (Å²) >= 11 is 0. The van der Waals surface area contributed by atoms with Crippen molar-refractivity contribution in [2.75, 3.05) is 13.2 Å². The third-order valence-electron chi connectivity index (χ3n) is 3.50. The maximum Gasteiger partial charge on any atom is 0.417 e. The van der Waals surface area contributed by atoms with E-state index in [0.717, 1.165) is 18.4 Å². The molecule has 2 heterocycles. The highest BCUT2D eigenvalue weighted by Crippen LogP contribution is 2.30. The number of ether oxygens (including phenoxy) is 1. The largest absolute Gasteiger partial charge is 0.417 e. The minimum absolute atomic E-state index is 0.210. The molecule has 1 aromatic carbocycles. The van der Waals surface area contributed by atoms with Crippen LogP contribution in [-0.4, -0.2) is 23.3 Å². The Morgan fingerprint density at radius 1 is 1.33 bits per heavy atom. The van der Waals surface area contributed by atoms with E-state index >= 15 is 0 Å². The number of hydrogen-bond acceptors (Lipinski definition) is 4. The third-order valence-corrected chi connectivity index (χ3v) is 3.50. The molecule has 2 N–H and O–H groups in total. The van der Waals surface area contributed by atoms with Gasteiger partial charge in [-0.3, -0.25) is 4.98 Å². The van der Waals surface area contributed by atoms with E-state index < -0.39 is 11.9 Å². The van der Waals surface area contributed by atoms with Crippen LogP contribution in [0.15, 0.2) is 27.4 Å². The van der Waals surface area contributed by atoms with Crippen LogP contribution >= 0.6 is 0 Å². The van der Waals surface area contributed by atoms with Crippen molar-refractivity contribution in [1.29, 1.82) is 0 Å². The van der Waals surface area contributed by atoms with Crippen molar-refractivity contribution >= 4 is 11.1 Å². The van der Waals surface area contributed by atoms with Gasteiger partial charge in [0.15, 0.2) is 5.58 Å². The van der Waals surface area contributed by atoms with Gasteiger partial charge in [-0.15, -0.1) is 0 Å². The third kappa shape index (κ3) is 2.07. The molecule has 1 saturated heterocycles. The van der Waals surface area contributed by atoms with Crippen LogP contribution in [-0.2, 0) is 4.74 Å². The zero-order valence-electron chi connectivity index (χ0n) is 9.89. The molecule has 1 aliphatic heterocycles. The molecule has 0 radical (unpaired) electrons. The highest BCUT2D eigenvalue weighted by Gasteiger charge is 2.23. The summed E-state index contributed by atoms with van der Waals surface area (Å²) in [6.07, 6.45) is 1.19. The first-order chi connectivity index (χ1) is 8.74. The van der Waals surface area contributed by atoms with Crippen molar-refractivity contribution in [3.05, 3.63) is 34.3 Å². The quantitative estimate of drug-likeness (QED) is 0.847. The fourth-order valence-corrected chi connectivity index (χ4v) is 2.45. The summed E-state index contributed by atoms with van der Waals surface area (Å²) in [5.74, 6) is -0.260. The second-order valence-corrected chi connectivity index (χ2v) is 4.66. The summed E-state index contributed by atoms with van der Waals surface area (Å²) in [6.45, 7) is 1.40. The fraction of sp³-hybridized carbons (Fsp3) is 0.462. The number of aromatic amines is 1. The van der Waals surface area contributed by atoms with Gasteiger partial charge in [-0.05, 0) is 36.5 Å². The lowest BCUT2D eigenvalue weighted by atomic mass is 9.89. The predicted molar refractivity (Wildman–Crippen MR) is 65.3 cm³/mol. The highest BCUT2D eigenvalue weighted by molar-refractivity contribution is 5.72. The van der Waals surface area contributed by atoms with Crippen molar-refractivity contribution in [3.63, 3.8) is 0 Å². The molecule has 0 aliphatic carbocycles. The van der Waals surface area contributed by atoms with Crippen molar-refractivity contribution in [2.24, 2.45) is 5.92 Å². The molecule has 1 aromatic heterocycles. The lowest BCUT2D eigenvalue weighted by molar-refractivity contribution is 0.00721. The second-order valence-electron chi connectivity index (χ2n) is 4.66. The standard InChI is InChI=1S/C13H15NO4/c15-12(8-3-5-17-6-4-8)9-1-2-10-11(7-9)18-13(16)14-10/h1-2,7-8,12,15H,3-6H2,(H,14,16). The van der Waals surface area contributed by atoms with E-state index in [4.69, 9.17) is 9.15 Å². The molecule has 0 saturated carbocycles. The summed E-state index contributed by atoms with van der Waals surface area (Å²) in [7, 11) is 0. The minimum atomic E-state index is -0.529. The first-order valence-corrected chi connectivity index (χ1v) is 6.12. The molecule has 96 valence electrons. The number of nitrogens with one attached hydrogen (secondary N) is 1. The highest BCUT2D eigenvalue weighted by atomic mass is 16.5. The van der Waals surface area contributed by atoms with E-state index in [1.165, 1.54) is 0 Å². The number of aliphatic hydroxyl groups excluding tert-OH is 1. The maximum absolute atomic E-state index is 11.1. The summed E-state index contributed by atoms with van der Waals surface area (Å²) in [5, 5.41) is 10.3. The van der Waals surface area contributed by atoms with E-state index in [1.54, 1.807) is 12.1 Å². The summed E-state index contributed by atoms with van der Waals surface area (Å²) < 4.78 is 10.3. The van der Waals surface area contributed by atoms with Crippen molar-refractivity contribution in [1.82, 2.24) is 4.98 Å². The Hall–Kier alpha value is -1.59. The smallest absolute Gasteiger partial charge is 0.408 e. The number of oxazole rings is 1. The number of fused-ring (bicyclic) bond motifs is 1. The molecule has 2 aromatic rings. The Morgan fingerprint density at radius 2 is 2.11 bits per heavy atom. The lowest BCUT2D eigenvalue weighted by Gasteiger charge is -2.26. The van der Waals surface area contributed by atoms with Crippen LogP contribution < -0.4 is 5.76 Å². The Kier molecular flexibility index (Phi) is 2.93. The average Bonchev–Trinajstić information content (AvgIpc) is 2.78. The monoisotopic (exact) mass is 249 g/mol. The molecule has 1 fully saturated rings. The first kappa shape index (κ1) is 11.5. The maximum atomic E-state index is 11.1. The van der Waals surface area contributed by atoms with Gasteiger partial charge in [0.05, 0.1) is 11.6 Å². The minimum Gasteiger partial charge on any atom is -0.408 e. The van der Waals surface area contributed by atoms with Gasteiger partial charge in [0, 0.05) is 13.2 Å². The molecule has 1 unspecified atom stereocenters. The molecule has 5 nitrogen and oxygen atoms in total. The van der Waals surface area contributed by atoms with Crippen LogP contribution in [0.25, 0.3) is 11.1 Å². The van der Waals surface area contributed by atoms with E-state index in [0.29, 0.717) is 24.3 Å². The van der Waals surface area contributed by atoms with Gasteiger partial charge in [-0.1, -0.05) is 6.07 Å². The van der Waals surface area contributed by atoms with Crippen LogP contribution in [0.4, 0.5) is 0 Å². The lowest BCUT2D eigenvalue weighted by Crippen LogP contribution is -2.21. The van der Waals surface area contributed by atoms with Gasteiger partial charge in [-0.2, -0.15) is 0 Å². The van der Waals surface area contributed by atoms with Gasteiger partial charge >= 0.3 is 5.76 Å². The van der Waals surface area contributed by atoms with Crippen molar-refractivity contribution < 1.29 is 14.3 Å². The molecule has 3 rings (SSSR count). The molecule has 1 aliphatic rings. The topological polar surface area (TPSA) is 75.5 Å². The van der Waals surface area contributed by atoms with Crippen LogP contribution in [0.2, 0.25) is 0 Å². The molecule has 18 heavy (non-hydrogen) atoms. The number of aromatic nitrogens is 1. The molecule has 0 spiro atoms. The molecular weight excluding hydrogens is 234 g/mol. The van der Waals surface area contributed by atoms with Gasteiger partial charge in [0.25, 0.3) is 0 Å². The summed E-state index contributed by atoms with van der Waals surface area (Å²) in [6, 6.07) is 5.32. The van der Waals surface area contributed by atoms with Gasteiger partial charge in [0.1, 0.15) is 0 Å². The SMILES string of the molecule is O=c1[nH]c2ccc(C(O)C3CCOCC3)cc2o1. The van der Waals surface area contributed by atoms with E-state index in [9.17, 15) is 9.90 Å². The Bertz CT molecular complexity index is 594. The Balaban J connectivity index is 1.90. The zero-order chi connectivity index (χ0) is 12.5. The van der Waals surface area contributed by atoms with Crippen LogP contribution in [0.5, 0.6) is 0 Å². The van der Waals surface area contributed by atoms with Gasteiger partial charge in [0.2, 0.25) is 0 Å². The number of aliphatic hydroxyl groups is 1. The number of hydrogen-bond donors (Lipinski definition) is 2. The summed E-state index contributed by atoms with van der Waals surface area (Å²) in [5.41, 5.74) is 1.93. The van der Waals surface area contributed by atoms with Crippen LogP contribution in [0.1, 0.15) is 24.5 Å². The number of benzene rings is 1. The number of H-pyrrole nitrogens is 1.